The first kappa shape index (κ1) is 13.3. The average Bonchev–Trinajstić information content (AvgIpc) is 2.27. The van der Waals surface area contributed by atoms with Crippen molar-refractivity contribution in [2.45, 2.75) is 32.6 Å². The molecule has 1 rings (SSSR count). The maximum atomic E-state index is 13.5. The summed E-state index contributed by atoms with van der Waals surface area (Å²) in [5.74, 6) is 0.763. The molecule has 0 N–H and O–H groups in total. The molecule has 1 aromatic carbocycles. The molecule has 0 heterocycles. The number of hydrogen-bond donors (Lipinski definition) is 0. The molecule has 0 saturated carbocycles. The lowest BCUT2D eigenvalue weighted by Gasteiger charge is -2.12. The minimum atomic E-state index is -0.332. The first-order valence-corrected chi connectivity index (χ1v) is 6.18. The number of halogens is 2. The standard InChI is InChI=1S/C13H18ClFO/c1-3-4-10(2)9-16-13-6-5-11(8-14)7-12(13)15/h5-7,10H,3-4,8-9H2,1-2H3. The summed E-state index contributed by atoms with van der Waals surface area (Å²) < 4.78 is 18.9. The fraction of sp³-hybridized carbons (Fsp3) is 0.538. The Morgan fingerprint density at radius 3 is 2.75 bits per heavy atom. The molecular weight excluding hydrogens is 227 g/mol. The van der Waals surface area contributed by atoms with E-state index in [1.165, 1.54) is 6.07 Å². The molecule has 16 heavy (non-hydrogen) atoms. The molecule has 1 atom stereocenters. The molecule has 1 aromatic rings. The zero-order valence-electron chi connectivity index (χ0n) is 9.80. The molecule has 1 unspecified atom stereocenters. The van der Waals surface area contributed by atoms with Crippen molar-refractivity contribution < 1.29 is 9.13 Å². The van der Waals surface area contributed by atoms with Crippen molar-refractivity contribution in [3.05, 3.63) is 29.6 Å². The Hall–Kier alpha value is -0.760. The molecule has 0 amide bonds. The Labute approximate surface area is 102 Å². The van der Waals surface area contributed by atoms with Crippen molar-refractivity contribution in [1.82, 2.24) is 0 Å². The summed E-state index contributed by atoms with van der Waals surface area (Å²) in [6.07, 6.45) is 2.22. The van der Waals surface area contributed by atoms with Crippen LogP contribution in [0.3, 0.4) is 0 Å². The normalized spacial score (nSPS) is 12.5. The van der Waals surface area contributed by atoms with E-state index >= 15 is 0 Å². The van der Waals surface area contributed by atoms with Crippen LogP contribution in [0.2, 0.25) is 0 Å². The smallest absolute Gasteiger partial charge is 0.165 e. The van der Waals surface area contributed by atoms with E-state index in [1.807, 2.05) is 0 Å². The van der Waals surface area contributed by atoms with Gasteiger partial charge in [0.2, 0.25) is 0 Å². The van der Waals surface area contributed by atoms with Crippen LogP contribution in [0.1, 0.15) is 32.3 Å². The van der Waals surface area contributed by atoms with E-state index in [0.29, 0.717) is 24.2 Å². The summed E-state index contributed by atoms with van der Waals surface area (Å²) in [6, 6.07) is 4.86. The first-order chi connectivity index (χ1) is 7.67. The Morgan fingerprint density at radius 1 is 1.44 bits per heavy atom. The van der Waals surface area contributed by atoms with Crippen molar-refractivity contribution in [2.24, 2.45) is 5.92 Å². The van der Waals surface area contributed by atoms with Gasteiger partial charge in [-0.1, -0.05) is 26.3 Å². The van der Waals surface area contributed by atoms with Crippen molar-refractivity contribution in [3.8, 4) is 5.75 Å². The number of ether oxygens (including phenoxy) is 1. The van der Waals surface area contributed by atoms with Gasteiger partial charge in [-0.15, -0.1) is 11.6 Å². The van der Waals surface area contributed by atoms with Gasteiger partial charge in [0.15, 0.2) is 11.6 Å². The fourth-order valence-electron chi connectivity index (χ4n) is 1.55. The van der Waals surface area contributed by atoms with Crippen LogP contribution in [0, 0.1) is 11.7 Å². The first-order valence-electron chi connectivity index (χ1n) is 5.64. The van der Waals surface area contributed by atoms with Crippen molar-refractivity contribution >= 4 is 11.6 Å². The predicted molar refractivity (Wildman–Crippen MR) is 65.5 cm³/mol. The number of hydrogen-bond acceptors (Lipinski definition) is 1. The molecule has 0 aliphatic rings. The Morgan fingerprint density at radius 2 is 2.19 bits per heavy atom. The van der Waals surface area contributed by atoms with Crippen LogP contribution in [0.5, 0.6) is 5.75 Å². The number of rotatable bonds is 6. The second-order valence-electron chi connectivity index (χ2n) is 4.10. The minimum absolute atomic E-state index is 0.316. The predicted octanol–water partition coefficient (Wildman–Crippen LogP) is 4.38. The second-order valence-corrected chi connectivity index (χ2v) is 4.37. The molecule has 1 nitrogen and oxygen atoms in total. The van der Waals surface area contributed by atoms with Crippen LogP contribution < -0.4 is 4.74 Å². The van der Waals surface area contributed by atoms with Crippen LogP contribution in [0.15, 0.2) is 18.2 Å². The second kappa shape index (κ2) is 6.74. The summed E-state index contributed by atoms with van der Waals surface area (Å²) in [5, 5.41) is 0. The summed E-state index contributed by atoms with van der Waals surface area (Å²) in [4.78, 5) is 0. The van der Waals surface area contributed by atoms with Crippen molar-refractivity contribution in [1.29, 1.82) is 0 Å². The van der Waals surface area contributed by atoms with Crippen LogP contribution in [0.25, 0.3) is 0 Å². The summed E-state index contributed by atoms with van der Waals surface area (Å²) in [7, 11) is 0. The summed E-state index contributed by atoms with van der Waals surface area (Å²) in [5.41, 5.74) is 0.771. The summed E-state index contributed by atoms with van der Waals surface area (Å²) in [6.45, 7) is 4.80. The third kappa shape index (κ3) is 4.01. The van der Waals surface area contributed by atoms with Gasteiger partial charge >= 0.3 is 0 Å². The van der Waals surface area contributed by atoms with E-state index in [-0.39, 0.29) is 5.82 Å². The van der Waals surface area contributed by atoms with E-state index in [4.69, 9.17) is 16.3 Å². The van der Waals surface area contributed by atoms with E-state index in [9.17, 15) is 4.39 Å². The monoisotopic (exact) mass is 244 g/mol. The molecule has 0 bridgehead atoms. The number of benzene rings is 1. The lowest BCUT2D eigenvalue weighted by Crippen LogP contribution is -2.09. The highest BCUT2D eigenvalue weighted by Crippen LogP contribution is 2.20. The van der Waals surface area contributed by atoms with Gasteiger partial charge in [-0.2, -0.15) is 0 Å². The molecule has 0 aliphatic carbocycles. The zero-order chi connectivity index (χ0) is 12.0. The fourth-order valence-corrected chi connectivity index (χ4v) is 1.72. The van der Waals surface area contributed by atoms with Crippen LogP contribution >= 0.6 is 11.6 Å². The van der Waals surface area contributed by atoms with Crippen molar-refractivity contribution in [2.75, 3.05) is 6.61 Å². The maximum Gasteiger partial charge on any atom is 0.165 e. The quantitative estimate of drug-likeness (QED) is 0.675. The minimum Gasteiger partial charge on any atom is -0.490 e. The lowest BCUT2D eigenvalue weighted by atomic mass is 10.1. The molecule has 0 spiro atoms. The third-order valence-electron chi connectivity index (χ3n) is 2.46. The zero-order valence-corrected chi connectivity index (χ0v) is 10.6. The molecule has 0 aliphatic heterocycles. The van der Waals surface area contributed by atoms with Gasteiger partial charge in [0, 0.05) is 5.88 Å². The van der Waals surface area contributed by atoms with Crippen LogP contribution in [-0.4, -0.2) is 6.61 Å². The van der Waals surface area contributed by atoms with Crippen LogP contribution in [0.4, 0.5) is 4.39 Å². The molecule has 0 saturated heterocycles. The average molecular weight is 245 g/mol. The Balaban J connectivity index is 2.54. The highest BCUT2D eigenvalue weighted by Gasteiger charge is 2.07. The Kier molecular flexibility index (Phi) is 5.61. The van der Waals surface area contributed by atoms with Gasteiger partial charge in [0.25, 0.3) is 0 Å². The third-order valence-corrected chi connectivity index (χ3v) is 2.76. The van der Waals surface area contributed by atoms with Gasteiger partial charge in [-0.3, -0.25) is 0 Å². The molecular formula is C13H18ClFO. The molecule has 3 heteroatoms. The maximum absolute atomic E-state index is 13.5. The van der Waals surface area contributed by atoms with Crippen molar-refractivity contribution in [3.63, 3.8) is 0 Å². The SMILES string of the molecule is CCCC(C)COc1ccc(CCl)cc1F. The molecule has 0 aromatic heterocycles. The molecule has 0 fully saturated rings. The van der Waals surface area contributed by atoms with Gasteiger partial charge in [0.05, 0.1) is 6.61 Å². The van der Waals surface area contributed by atoms with Gasteiger partial charge in [0.1, 0.15) is 0 Å². The topological polar surface area (TPSA) is 9.23 Å². The molecule has 0 radical (unpaired) electrons. The highest BCUT2D eigenvalue weighted by atomic mass is 35.5. The van der Waals surface area contributed by atoms with E-state index in [1.54, 1.807) is 12.1 Å². The lowest BCUT2D eigenvalue weighted by molar-refractivity contribution is 0.241. The number of alkyl halides is 1. The van der Waals surface area contributed by atoms with Crippen LogP contribution in [-0.2, 0) is 5.88 Å². The van der Waals surface area contributed by atoms with E-state index < -0.39 is 0 Å². The van der Waals surface area contributed by atoms with Gasteiger partial charge in [-0.05, 0) is 30.0 Å². The van der Waals surface area contributed by atoms with Gasteiger partial charge < -0.3 is 4.74 Å². The van der Waals surface area contributed by atoms with Gasteiger partial charge in [-0.25, -0.2) is 4.39 Å². The Bertz CT molecular complexity index is 328. The summed E-state index contributed by atoms with van der Waals surface area (Å²) >= 11 is 5.61. The largest absolute Gasteiger partial charge is 0.490 e. The highest BCUT2D eigenvalue weighted by molar-refractivity contribution is 6.17. The molecule has 90 valence electrons. The van der Waals surface area contributed by atoms with E-state index in [0.717, 1.165) is 18.4 Å². The van der Waals surface area contributed by atoms with E-state index in [2.05, 4.69) is 13.8 Å².